The topological polar surface area (TPSA) is 87.4 Å². The Bertz CT molecular complexity index is 1220. The van der Waals surface area contributed by atoms with Gasteiger partial charge in [-0.05, 0) is 25.1 Å². The summed E-state index contributed by atoms with van der Waals surface area (Å²) in [6, 6.07) is 11.2. The zero-order valence-electron chi connectivity index (χ0n) is 18.6. The number of benzene rings is 1. The van der Waals surface area contributed by atoms with E-state index < -0.39 is 0 Å². The van der Waals surface area contributed by atoms with Crippen LogP contribution in [0.4, 0.5) is 5.82 Å². The van der Waals surface area contributed by atoms with Crippen molar-refractivity contribution >= 4 is 29.1 Å². The van der Waals surface area contributed by atoms with Crippen LogP contribution in [0.3, 0.4) is 0 Å². The lowest BCUT2D eigenvalue weighted by Crippen LogP contribution is -2.09. The van der Waals surface area contributed by atoms with Gasteiger partial charge in [-0.25, -0.2) is 19.9 Å². The second kappa shape index (κ2) is 9.31. The van der Waals surface area contributed by atoms with E-state index in [1.165, 1.54) is 11.9 Å². The van der Waals surface area contributed by atoms with Crippen LogP contribution in [0.2, 0.25) is 0 Å². The molecule has 0 radical (unpaired) electrons. The summed E-state index contributed by atoms with van der Waals surface area (Å²) in [5.41, 5.74) is 2.32. The predicted molar refractivity (Wildman–Crippen MR) is 126 cm³/mol. The van der Waals surface area contributed by atoms with Crippen LogP contribution >= 0.6 is 11.9 Å². The summed E-state index contributed by atoms with van der Waals surface area (Å²) in [5, 5.41) is 0. The highest BCUT2D eigenvalue weighted by molar-refractivity contribution is 7.99. The fourth-order valence-electron chi connectivity index (χ4n) is 3.29. The number of fused-ring (bicyclic) bond motifs is 1. The fourth-order valence-corrected chi connectivity index (χ4v) is 3.57. The Kier molecular flexibility index (Phi) is 6.31. The van der Waals surface area contributed by atoms with Crippen LogP contribution in [-0.2, 0) is 0 Å². The first kappa shape index (κ1) is 21.7. The van der Waals surface area contributed by atoms with E-state index in [2.05, 4.69) is 9.97 Å². The Labute approximate surface area is 190 Å². The quantitative estimate of drug-likeness (QED) is 0.368. The minimum Gasteiger partial charge on any atom is -0.494 e. The van der Waals surface area contributed by atoms with Crippen molar-refractivity contribution in [3.05, 3.63) is 42.6 Å². The first-order valence-corrected chi connectivity index (χ1v) is 11.1. The molecule has 3 heterocycles. The maximum absolute atomic E-state index is 5.68. The number of methoxy groups -OCH3 is 2. The van der Waals surface area contributed by atoms with E-state index in [0.29, 0.717) is 58.3 Å². The van der Waals surface area contributed by atoms with Crippen molar-refractivity contribution in [2.45, 2.75) is 6.92 Å². The van der Waals surface area contributed by atoms with Gasteiger partial charge in [-0.3, -0.25) is 4.57 Å². The summed E-state index contributed by atoms with van der Waals surface area (Å²) in [6.45, 7) is 2.43. The summed E-state index contributed by atoms with van der Waals surface area (Å²) < 4.78 is 20.8. The van der Waals surface area contributed by atoms with Gasteiger partial charge in [-0.1, -0.05) is 24.1 Å². The second-order valence-corrected chi connectivity index (χ2v) is 7.54. The summed E-state index contributed by atoms with van der Waals surface area (Å²) in [7, 11) is 5.16. The van der Waals surface area contributed by atoms with Crippen LogP contribution < -0.4 is 18.5 Å². The number of ether oxygens (including phenoxy) is 3. The lowest BCUT2D eigenvalue weighted by atomic mass is 10.2. The highest BCUT2D eigenvalue weighted by Gasteiger charge is 2.24. The molecular weight excluding hydrogens is 428 g/mol. The maximum Gasteiger partial charge on any atom is 0.213 e. The minimum atomic E-state index is 0.481. The molecule has 0 aliphatic heterocycles. The molecule has 0 N–H and O–H groups in total. The first-order valence-electron chi connectivity index (χ1n) is 9.96. The third-order valence-electron chi connectivity index (χ3n) is 4.82. The van der Waals surface area contributed by atoms with Gasteiger partial charge in [0, 0.05) is 19.4 Å². The number of aromatic nitrogens is 5. The molecule has 0 aliphatic rings. The van der Waals surface area contributed by atoms with Crippen molar-refractivity contribution in [2.75, 3.05) is 38.4 Å². The van der Waals surface area contributed by atoms with Gasteiger partial charge < -0.3 is 18.5 Å². The number of imidazole rings is 1. The summed E-state index contributed by atoms with van der Waals surface area (Å²) in [5.74, 6) is 2.97. The third kappa shape index (κ3) is 3.89. The summed E-state index contributed by atoms with van der Waals surface area (Å²) in [4.78, 5) is 18.8. The van der Waals surface area contributed by atoms with Gasteiger partial charge in [0.25, 0.3) is 0 Å². The van der Waals surface area contributed by atoms with E-state index in [-0.39, 0.29) is 0 Å². The molecular formula is C22H24N6O3S. The summed E-state index contributed by atoms with van der Waals surface area (Å²) >= 11 is 1.54. The molecule has 0 amide bonds. The van der Waals surface area contributed by atoms with Crippen LogP contribution in [0.15, 0.2) is 42.6 Å². The molecule has 4 rings (SSSR count). The van der Waals surface area contributed by atoms with E-state index in [1.54, 1.807) is 20.4 Å². The first-order chi connectivity index (χ1) is 15.6. The Morgan fingerprint density at radius 3 is 2.38 bits per heavy atom. The van der Waals surface area contributed by atoms with Crippen LogP contribution in [-0.4, -0.2) is 58.6 Å². The number of rotatable bonds is 8. The van der Waals surface area contributed by atoms with E-state index in [9.17, 15) is 0 Å². The van der Waals surface area contributed by atoms with Crippen LogP contribution in [0, 0.1) is 0 Å². The fraction of sp³-hybridized carbons (Fsp3) is 0.273. The van der Waals surface area contributed by atoms with E-state index in [0.717, 1.165) is 0 Å². The molecule has 10 heteroatoms. The van der Waals surface area contributed by atoms with Gasteiger partial charge in [-0.2, -0.15) is 0 Å². The number of hydrogen-bond acceptors (Lipinski definition) is 9. The zero-order chi connectivity index (χ0) is 22.7. The minimum absolute atomic E-state index is 0.481. The van der Waals surface area contributed by atoms with Crippen molar-refractivity contribution in [3.63, 3.8) is 0 Å². The van der Waals surface area contributed by atoms with Gasteiger partial charge in [0.15, 0.2) is 22.9 Å². The molecule has 0 aliphatic carbocycles. The molecule has 0 spiro atoms. The van der Waals surface area contributed by atoms with Crippen LogP contribution in [0.5, 0.6) is 17.4 Å². The Morgan fingerprint density at radius 1 is 1.00 bits per heavy atom. The van der Waals surface area contributed by atoms with E-state index in [4.69, 9.17) is 24.2 Å². The predicted octanol–water partition coefficient (Wildman–Crippen LogP) is 4.01. The number of para-hydroxylation sites is 1. The van der Waals surface area contributed by atoms with Crippen molar-refractivity contribution in [1.29, 1.82) is 0 Å². The molecule has 0 saturated carbocycles. The number of anilines is 1. The molecule has 0 fully saturated rings. The number of pyridine rings is 1. The van der Waals surface area contributed by atoms with Crippen molar-refractivity contribution < 1.29 is 14.2 Å². The van der Waals surface area contributed by atoms with Crippen molar-refractivity contribution in [1.82, 2.24) is 24.5 Å². The zero-order valence-corrected chi connectivity index (χ0v) is 19.4. The highest BCUT2D eigenvalue weighted by atomic mass is 32.2. The average Bonchev–Trinajstić information content (AvgIpc) is 3.21. The molecule has 0 bridgehead atoms. The molecule has 0 atom stereocenters. The monoisotopic (exact) mass is 452 g/mol. The maximum atomic E-state index is 5.68. The normalized spacial score (nSPS) is 10.9. The van der Waals surface area contributed by atoms with Crippen LogP contribution in [0.25, 0.3) is 28.5 Å². The van der Waals surface area contributed by atoms with Crippen molar-refractivity contribution in [3.8, 4) is 34.6 Å². The molecule has 9 nitrogen and oxygen atoms in total. The molecule has 0 unspecified atom stereocenters. The van der Waals surface area contributed by atoms with Gasteiger partial charge in [0.05, 0.1) is 27.0 Å². The smallest absolute Gasteiger partial charge is 0.213 e. The standard InChI is InChI=1S/C22H24N6O3S/c1-6-31-18-12-7-9-14(24-18)21-26-20-22(25-17(13-23-20)27(2)32-5)28(21)19-15(29-3)10-8-11-16(19)30-4/h7-13H,6H2,1-5H3. The van der Waals surface area contributed by atoms with Crippen molar-refractivity contribution in [2.24, 2.45) is 0 Å². The third-order valence-corrected chi connectivity index (χ3v) is 5.56. The van der Waals surface area contributed by atoms with Gasteiger partial charge in [0.2, 0.25) is 5.88 Å². The molecule has 32 heavy (non-hydrogen) atoms. The Hall–Kier alpha value is -3.53. The average molecular weight is 453 g/mol. The lowest BCUT2D eigenvalue weighted by molar-refractivity contribution is 0.327. The van der Waals surface area contributed by atoms with Gasteiger partial charge >= 0.3 is 0 Å². The number of nitrogens with zero attached hydrogens (tertiary/aromatic N) is 6. The molecule has 0 saturated heterocycles. The number of hydrogen-bond donors (Lipinski definition) is 0. The van der Waals surface area contributed by atoms with E-state index >= 15 is 0 Å². The Balaban J connectivity index is 2.07. The molecule has 4 aromatic rings. The van der Waals surface area contributed by atoms with Crippen LogP contribution in [0.1, 0.15) is 6.92 Å². The van der Waals surface area contributed by atoms with Gasteiger partial charge in [0.1, 0.15) is 22.9 Å². The second-order valence-electron chi connectivity index (χ2n) is 6.63. The Morgan fingerprint density at radius 2 is 1.72 bits per heavy atom. The molecule has 3 aromatic heterocycles. The lowest BCUT2D eigenvalue weighted by Gasteiger charge is -2.17. The molecule has 166 valence electrons. The largest absolute Gasteiger partial charge is 0.494 e. The van der Waals surface area contributed by atoms with Gasteiger partial charge in [-0.15, -0.1) is 0 Å². The highest BCUT2D eigenvalue weighted by Crippen LogP contribution is 2.38. The summed E-state index contributed by atoms with van der Waals surface area (Å²) in [6.07, 6.45) is 3.67. The van der Waals surface area contributed by atoms with E-state index in [1.807, 2.05) is 65.5 Å². The SMILES string of the molecule is CCOc1cccc(-c2nc3ncc(N(C)SC)nc3n2-c2c(OC)cccc2OC)n1. The molecule has 1 aromatic carbocycles.